The zero-order valence-electron chi connectivity index (χ0n) is 20.2. The molecule has 2 aromatic carbocycles. The monoisotopic (exact) mass is 440 g/mol. The SMILES string of the molecule is CCc1cccc(CC)c1-c1cc2c(CC(=O)OC)cn(-c3ccc(C(C)C)cc3)c2cn1. The van der Waals surface area contributed by atoms with Crippen molar-refractivity contribution >= 4 is 16.9 Å². The summed E-state index contributed by atoms with van der Waals surface area (Å²) in [5, 5.41) is 1.03. The molecule has 33 heavy (non-hydrogen) atoms. The lowest BCUT2D eigenvalue weighted by Gasteiger charge is -2.13. The lowest BCUT2D eigenvalue weighted by Crippen LogP contribution is -2.04. The van der Waals surface area contributed by atoms with E-state index in [0.29, 0.717) is 5.92 Å². The minimum Gasteiger partial charge on any atom is -0.469 e. The molecular weight excluding hydrogens is 408 g/mol. The fourth-order valence-electron chi connectivity index (χ4n) is 4.50. The van der Waals surface area contributed by atoms with E-state index in [1.165, 1.54) is 29.4 Å². The van der Waals surface area contributed by atoms with Gasteiger partial charge in [0.15, 0.2) is 0 Å². The zero-order chi connectivity index (χ0) is 23.5. The third kappa shape index (κ3) is 4.43. The van der Waals surface area contributed by atoms with E-state index in [9.17, 15) is 4.79 Å². The number of carbonyl (C=O) groups is 1. The number of carbonyl (C=O) groups excluding carboxylic acids is 1. The molecule has 0 saturated carbocycles. The first-order valence-electron chi connectivity index (χ1n) is 11.7. The average Bonchev–Trinajstić information content (AvgIpc) is 3.20. The Labute approximate surface area is 196 Å². The minimum atomic E-state index is -0.245. The molecule has 4 rings (SSSR count). The molecule has 0 aliphatic heterocycles. The summed E-state index contributed by atoms with van der Waals surface area (Å²) in [7, 11) is 1.43. The van der Waals surface area contributed by atoms with E-state index in [-0.39, 0.29) is 12.4 Å². The number of methoxy groups -OCH3 is 1. The number of fused-ring (bicyclic) bond motifs is 1. The number of hydrogen-bond acceptors (Lipinski definition) is 3. The molecule has 0 N–H and O–H groups in total. The summed E-state index contributed by atoms with van der Waals surface area (Å²) in [6.45, 7) is 8.74. The van der Waals surface area contributed by atoms with Crippen LogP contribution in [0.15, 0.2) is 60.9 Å². The first-order chi connectivity index (χ1) is 16.0. The molecule has 0 bridgehead atoms. The average molecular weight is 441 g/mol. The molecule has 0 aliphatic carbocycles. The Kier molecular flexibility index (Phi) is 6.64. The van der Waals surface area contributed by atoms with E-state index in [1.54, 1.807) is 0 Å². The molecule has 0 spiro atoms. The number of aryl methyl sites for hydroxylation is 2. The van der Waals surface area contributed by atoms with Crippen LogP contribution in [-0.4, -0.2) is 22.6 Å². The van der Waals surface area contributed by atoms with Crippen LogP contribution in [0.2, 0.25) is 0 Å². The number of hydrogen-bond donors (Lipinski definition) is 0. The quantitative estimate of drug-likeness (QED) is 0.302. The standard InChI is InChI=1S/C29H32N2O2/c1-6-20-9-8-10-21(7-2)29(20)26-16-25-23(15-28(32)33-5)18-31(27(25)17-30-26)24-13-11-22(12-14-24)19(3)4/h8-14,16-19H,6-7,15H2,1-5H3. The number of nitrogens with zero attached hydrogens (tertiary/aromatic N) is 2. The Hall–Kier alpha value is -3.40. The Balaban J connectivity index is 1.91. The van der Waals surface area contributed by atoms with E-state index < -0.39 is 0 Å². The maximum atomic E-state index is 12.2. The van der Waals surface area contributed by atoms with Gasteiger partial charge >= 0.3 is 5.97 Å². The highest BCUT2D eigenvalue weighted by Gasteiger charge is 2.17. The summed E-state index contributed by atoms with van der Waals surface area (Å²) in [5.74, 6) is 0.233. The first kappa shape index (κ1) is 22.8. The van der Waals surface area contributed by atoms with Gasteiger partial charge in [0.25, 0.3) is 0 Å². The summed E-state index contributed by atoms with van der Waals surface area (Å²) < 4.78 is 7.11. The normalized spacial score (nSPS) is 11.3. The van der Waals surface area contributed by atoms with Crippen molar-refractivity contribution in [2.24, 2.45) is 0 Å². The van der Waals surface area contributed by atoms with Gasteiger partial charge in [0.1, 0.15) is 0 Å². The summed E-state index contributed by atoms with van der Waals surface area (Å²) in [6.07, 6.45) is 6.10. The number of ether oxygens (including phenoxy) is 1. The topological polar surface area (TPSA) is 44.1 Å². The molecule has 4 aromatic rings. The molecule has 4 nitrogen and oxygen atoms in total. The van der Waals surface area contributed by atoms with Gasteiger partial charge in [0.2, 0.25) is 0 Å². The zero-order valence-corrected chi connectivity index (χ0v) is 20.2. The fourth-order valence-corrected chi connectivity index (χ4v) is 4.50. The minimum absolute atomic E-state index is 0.226. The van der Waals surface area contributed by atoms with Crippen LogP contribution in [0.25, 0.3) is 27.8 Å². The van der Waals surface area contributed by atoms with Crippen molar-refractivity contribution in [3.63, 3.8) is 0 Å². The Morgan fingerprint density at radius 2 is 1.67 bits per heavy atom. The van der Waals surface area contributed by atoms with Crippen LogP contribution in [0.1, 0.15) is 55.9 Å². The van der Waals surface area contributed by atoms with Crippen molar-refractivity contribution in [3.05, 3.63) is 83.2 Å². The lowest BCUT2D eigenvalue weighted by atomic mass is 9.94. The van der Waals surface area contributed by atoms with Crippen LogP contribution in [0.5, 0.6) is 0 Å². The molecule has 0 fully saturated rings. The predicted octanol–water partition coefficient (Wildman–Crippen LogP) is 6.66. The highest BCUT2D eigenvalue weighted by molar-refractivity contribution is 5.91. The molecule has 0 unspecified atom stereocenters. The Bertz CT molecular complexity index is 1260. The van der Waals surface area contributed by atoms with Gasteiger partial charge in [-0.25, -0.2) is 0 Å². The van der Waals surface area contributed by atoms with Crippen molar-refractivity contribution in [1.29, 1.82) is 0 Å². The number of aromatic nitrogens is 2. The lowest BCUT2D eigenvalue weighted by molar-refractivity contribution is -0.139. The van der Waals surface area contributed by atoms with Crippen molar-refractivity contribution in [2.45, 2.75) is 52.9 Å². The smallest absolute Gasteiger partial charge is 0.310 e. The van der Waals surface area contributed by atoms with Crippen LogP contribution in [0.3, 0.4) is 0 Å². The maximum absolute atomic E-state index is 12.2. The number of esters is 1. The second kappa shape index (κ2) is 9.62. The van der Waals surface area contributed by atoms with Crippen molar-refractivity contribution in [2.75, 3.05) is 7.11 Å². The fraction of sp³-hybridized carbons (Fsp3) is 0.310. The Morgan fingerprint density at radius 1 is 1.00 bits per heavy atom. The Morgan fingerprint density at radius 3 is 2.24 bits per heavy atom. The molecule has 0 saturated heterocycles. The van der Waals surface area contributed by atoms with Crippen LogP contribution in [0.4, 0.5) is 0 Å². The van der Waals surface area contributed by atoms with Crippen molar-refractivity contribution in [3.8, 4) is 16.9 Å². The summed E-state index contributed by atoms with van der Waals surface area (Å²) >= 11 is 0. The van der Waals surface area contributed by atoms with Gasteiger partial charge in [0.05, 0.1) is 30.9 Å². The van der Waals surface area contributed by atoms with Crippen LogP contribution < -0.4 is 0 Å². The van der Waals surface area contributed by atoms with E-state index in [4.69, 9.17) is 9.72 Å². The van der Waals surface area contributed by atoms with E-state index >= 15 is 0 Å². The number of benzene rings is 2. The largest absolute Gasteiger partial charge is 0.469 e. The molecule has 2 heterocycles. The van der Waals surface area contributed by atoms with Crippen molar-refractivity contribution in [1.82, 2.24) is 9.55 Å². The molecule has 2 aromatic heterocycles. The van der Waals surface area contributed by atoms with Gasteiger partial charge in [-0.2, -0.15) is 0 Å². The van der Waals surface area contributed by atoms with Gasteiger partial charge in [-0.1, -0.05) is 58.0 Å². The molecule has 170 valence electrons. The molecule has 0 amide bonds. The third-order valence-electron chi connectivity index (χ3n) is 6.43. The van der Waals surface area contributed by atoms with Gasteiger partial charge in [-0.05, 0) is 59.2 Å². The summed E-state index contributed by atoms with van der Waals surface area (Å²) in [5.41, 5.74) is 9.03. The highest BCUT2D eigenvalue weighted by Crippen LogP contribution is 2.33. The molecule has 0 atom stereocenters. The molecule has 0 radical (unpaired) electrons. The second-order valence-electron chi connectivity index (χ2n) is 8.77. The van der Waals surface area contributed by atoms with E-state index in [2.05, 4.69) is 80.8 Å². The van der Waals surface area contributed by atoms with Crippen LogP contribution in [0, 0.1) is 0 Å². The number of pyridine rings is 1. The van der Waals surface area contributed by atoms with Crippen molar-refractivity contribution < 1.29 is 9.53 Å². The van der Waals surface area contributed by atoms with Gasteiger partial charge in [-0.3, -0.25) is 9.78 Å². The van der Waals surface area contributed by atoms with Gasteiger partial charge in [-0.15, -0.1) is 0 Å². The van der Waals surface area contributed by atoms with E-state index in [0.717, 1.165) is 40.7 Å². The maximum Gasteiger partial charge on any atom is 0.310 e. The summed E-state index contributed by atoms with van der Waals surface area (Å²) in [6, 6.07) is 17.2. The van der Waals surface area contributed by atoms with E-state index in [1.807, 2.05) is 12.4 Å². The molecular formula is C29H32N2O2. The predicted molar refractivity (Wildman–Crippen MR) is 135 cm³/mol. The van der Waals surface area contributed by atoms with Crippen LogP contribution >= 0.6 is 0 Å². The molecule has 4 heteroatoms. The first-order valence-corrected chi connectivity index (χ1v) is 11.7. The highest BCUT2D eigenvalue weighted by atomic mass is 16.5. The van der Waals surface area contributed by atoms with Gasteiger partial charge < -0.3 is 9.30 Å². The summed E-state index contributed by atoms with van der Waals surface area (Å²) in [4.78, 5) is 17.1. The van der Waals surface area contributed by atoms with Crippen LogP contribution in [-0.2, 0) is 28.8 Å². The second-order valence-corrected chi connectivity index (χ2v) is 8.77. The third-order valence-corrected chi connectivity index (χ3v) is 6.43. The molecule has 0 aliphatic rings. The number of rotatable bonds is 7. The van der Waals surface area contributed by atoms with Gasteiger partial charge in [0, 0.05) is 22.8 Å².